The van der Waals surface area contributed by atoms with Crippen LogP contribution in [0.3, 0.4) is 0 Å². The maximum absolute atomic E-state index is 12.8. The molecule has 0 aliphatic rings. The Balaban J connectivity index is 2.82. The lowest BCUT2D eigenvalue weighted by Gasteiger charge is -2.13. The summed E-state index contributed by atoms with van der Waals surface area (Å²) in [6.07, 6.45) is 0.616. The van der Waals surface area contributed by atoms with Gasteiger partial charge in [-0.25, -0.2) is 10.2 Å². The quantitative estimate of drug-likeness (QED) is 0.244. The highest BCUT2D eigenvalue weighted by Gasteiger charge is 2.17. The van der Waals surface area contributed by atoms with Gasteiger partial charge in [0, 0.05) is 10.6 Å². The van der Waals surface area contributed by atoms with Gasteiger partial charge in [0.05, 0.1) is 5.25 Å². The molecule has 0 saturated carbocycles. The number of rotatable bonds is 4. The van der Waals surface area contributed by atoms with Gasteiger partial charge in [0.15, 0.2) is 0 Å². The predicted octanol–water partition coefficient (Wildman–Crippen LogP) is 1.27. The number of amides is 1. The number of thioether (sulfide) groups is 1. The first-order valence-electron chi connectivity index (χ1n) is 4.80. The van der Waals surface area contributed by atoms with Crippen LogP contribution in [0.5, 0.6) is 0 Å². The monoisotopic (exact) mass is 243 g/mol. The van der Waals surface area contributed by atoms with Gasteiger partial charge in [-0.3, -0.25) is 10.2 Å². The van der Waals surface area contributed by atoms with Crippen molar-refractivity contribution in [1.29, 1.82) is 0 Å². The maximum Gasteiger partial charge on any atom is 0.247 e. The van der Waals surface area contributed by atoms with E-state index in [4.69, 9.17) is 11.6 Å². The van der Waals surface area contributed by atoms with Gasteiger partial charge in [0.1, 0.15) is 5.82 Å². The van der Waals surface area contributed by atoms with Gasteiger partial charge < -0.3 is 5.73 Å². The fourth-order valence-electron chi connectivity index (χ4n) is 1.20. The molecule has 0 bridgehead atoms. The lowest BCUT2D eigenvalue weighted by atomic mass is 10.3. The molecule has 1 unspecified atom stereocenters. The van der Waals surface area contributed by atoms with Crippen molar-refractivity contribution in [2.75, 3.05) is 5.73 Å². The molecule has 6 heteroatoms. The Morgan fingerprint density at radius 1 is 1.62 bits per heavy atom. The Bertz CT molecular complexity index is 386. The number of carbonyl (C=O) groups excluding carboxylic acids is 1. The Morgan fingerprint density at radius 2 is 2.31 bits per heavy atom. The first-order valence-corrected chi connectivity index (χ1v) is 5.68. The summed E-state index contributed by atoms with van der Waals surface area (Å²) in [5, 5.41) is -0.322. The zero-order chi connectivity index (χ0) is 12.1. The topological polar surface area (TPSA) is 81.1 Å². The van der Waals surface area contributed by atoms with Crippen LogP contribution >= 0.6 is 11.8 Å². The molecule has 1 aromatic carbocycles. The summed E-state index contributed by atoms with van der Waals surface area (Å²) in [4.78, 5) is 12.0. The van der Waals surface area contributed by atoms with Gasteiger partial charge >= 0.3 is 0 Å². The number of carbonyl (C=O) groups is 1. The highest BCUT2D eigenvalue weighted by Crippen LogP contribution is 2.30. The van der Waals surface area contributed by atoms with Crippen molar-refractivity contribution in [3.63, 3.8) is 0 Å². The fraction of sp³-hybridized carbons (Fsp3) is 0.300. The standard InChI is InChI=1S/C10H14FN3OS/c1-2-8(10(15)14-13)16-9-4-3-6(11)5-7(9)12/h3-5,8H,2,12-13H2,1H3,(H,14,15). The van der Waals surface area contributed by atoms with Crippen LogP contribution in [0.15, 0.2) is 23.1 Å². The summed E-state index contributed by atoms with van der Waals surface area (Å²) in [6, 6.07) is 4.10. The van der Waals surface area contributed by atoms with Gasteiger partial charge in [0.25, 0.3) is 0 Å². The van der Waals surface area contributed by atoms with E-state index in [1.54, 1.807) is 6.07 Å². The van der Waals surface area contributed by atoms with E-state index < -0.39 is 5.82 Å². The van der Waals surface area contributed by atoms with Crippen molar-refractivity contribution in [2.24, 2.45) is 5.84 Å². The van der Waals surface area contributed by atoms with Crippen molar-refractivity contribution in [3.8, 4) is 0 Å². The van der Waals surface area contributed by atoms with Gasteiger partial charge in [-0.2, -0.15) is 0 Å². The molecule has 16 heavy (non-hydrogen) atoms. The number of hydrogen-bond donors (Lipinski definition) is 3. The van der Waals surface area contributed by atoms with Crippen molar-refractivity contribution in [3.05, 3.63) is 24.0 Å². The summed E-state index contributed by atoms with van der Waals surface area (Å²) in [7, 11) is 0. The Labute approximate surface area is 97.5 Å². The number of nitrogens with one attached hydrogen (secondary N) is 1. The minimum Gasteiger partial charge on any atom is -0.398 e. The van der Waals surface area contributed by atoms with Gasteiger partial charge in [0.2, 0.25) is 5.91 Å². The molecule has 0 heterocycles. The molecule has 0 radical (unpaired) electrons. The van der Waals surface area contributed by atoms with Crippen LogP contribution in [0.1, 0.15) is 13.3 Å². The Morgan fingerprint density at radius 3 is 2.81 bits per heavy atom. The maximum atomic E-state index is 12.8. The number of anilines is 1. The van der Waals surface area contributed by atoms with Crippen molar-refractivity contribution in [2.45, 2.75) is 23.5 Å². The molecule has 88 valence electrons. The molecule has 4 nitrogen and oxygen atoms in total. The van der Waals surface area contributed by atoms with Gasteiger partial charge in [-0.05, 0) is 24.6 Å². The summed E-state index contributed by atoms with van der Waals surface area (Å²) in [6.45, 7) is 1.87. The van der Waals surface area contributed by atoms with Crippen LogP contribution in [0, 0.1) is 5.82 Å². The number of halogens is 1. The third-order valence-corrected chi connectivity index (χ3v) is 3.50. The molecular formula is C10H14FN3OS. The van der Waals surface area contributed by atoms with E-state index >= 15 is 0 Å². The van der Waals surface area contributed by atoms with E-state index in [1.165, 1.54) is 23.9 Å². The van der Waals surface area contributed by atoms with Crippen LogP contribution in [-0.2, 0) is 4.79 Å². The molecule has 0 fully saturated rings. The zero-order valence-corrected chi connectivity index (χ0v) is 9.68. The number of nitrogens with two attached hydrogens (primary N) is 2. The van der Waals surface area contributed by atoms with E-state index in [1.807, 2.05) is 6.92 Å². The molecule has 0 spiro atoms. The van der Waals surface area contributed by atoms with Crippen molar-refractivity contribution in [1.82, 2.24) is 5.43 Å². The molecule has 0 aromatic heterocycles. The third kappa shape index (κ3) is 3.11. The zero-order valence-electron chi connectivity index (χ0n) is 8.87. The van der Waals surface area contributed by atoms with E-state index in [0.717, 1.165) is 0 Å². The summed E-state index contributed by atoms with van der Waals surface area (Å²) < 4.78 is 12.8. The average molecular weight is 243 g/mol. The van der Waals surface area contributed by atoms with Gasteiger partial charge in [-0.1, -0.05) is 6.92 Å². The van der Waals surface area contributed by atoms with Crippen molar-refractivity contribution >= 4 is 23.4 Å². The van der Waals surface area contributed by atoms with Crippen molar-refractivity contribution < 1.29 is 9.18 Å². The highest BCUT2D eigenvalue weighted by molar-refractivity contribution is 8.00. The molecule has 0 aliphatic heterocycles. The molecule has 5 N–H and O–H groups in total. The van der Waals surface area contributed by atoms with Gasteiger partial charge in [-0.15, -0.1) is 11.8 Å². The van der Waals surface area contributed by atoms with Crippen LogP contribution < -0.4 is 17.0 Å². The number of nitrogen functional groups attached to an aromatic ring is 1. The lowest BCUT2D eigenvalue weighted by molar-refractivity contribution is -0.120. The van der Waals surface area contributed by atoms with Crippen LogP contribution in [-0.4, -0.2) is 11.2 Å². The summed E-state index contributed by atoms with van der Waals surface area (Å²) >= 11 is 1.27. The van der Waals surface area contributed by atoms with E-state index in [2.05, 4.69) is 5.43 Å². The third-order valence-electron chi connectivity index (χ3n) is 2.05. The first kappa shape index (κ1) is 12.8. The van der Waals surface area contributed by atoms with Crippen LogP contribution in [0.2, 0.25) is 0 Å². The highest BCUT2D eigenvalue weighted by atomic mass is 32.2. The minimum absolute atomic E-state index is 0.267. The molecule has 1 rings (SSSR count). The lowest BCUT2D eigenvalue weighted by Crippen LogP contribution is -2.37. The largest absolute Gasteiger partial charge is 0.398 e. The Kier molecular flexibility index (Phi) is 4.57. The molecule has 0 saturated heterocycles. The normalized spacial score (nSPS) is 12.2. The van der Waals surface area contributed by atoms with E-state index in [-0.39, 0.29) is 11.2 Å². The molecule has 1 aromatic rings. The van der Waals surface area contributed by atoms with Crippen LogP contribution in [0.25, 0.3) is 0 Å². The SMILES string of the molecule is CCC(Sc1ccc(F)cc1N)C(=O)NN. The second kappa shape index (κ2) is 5.72. The Hall–Kier alpha value is -1.27. The summed E-state index contributed by atoms with van der Waals surface area (Å²) in [5.41, 5.74) is 8.06. The summed E-state index contributed by atoms with van der Waals surface area (Å²) in [5.74, 6) is 4.40. The molecular weight excluding hydrogens is 229 g/mol. The fourth-order valence-corrected chi connectivity index (χ4v) is 2.18. The smallest absolute Gasteiger partial charge is 0.247 e. The number of hydrogen-bond acceptors (Lipinski definition) is 4. The van der Waals surface area contributed by atoms with E-state index in [9.17, 15) is 9.18 Å². The second-order valence-corrected chi connectivity index (χ2v) is 4.45. The number of benzene rings is 1. The van der Waals surface area contributed by atoms with Crippen LogP contribution in [0.4, 0.5) is 10.1 Å². The molecule has 0 aliphatic carbocycles. The molecule has 1 amide bonds. The predicted molar refractivity (Wildman–Crippen MR) is 63.1 cm³/mol. The average Bonchev–Trinajstić information content (AvgIpc) is 2.27. The molecule has 1 atom stereocenters. The number of hydrazine groups is 1. The second-order valence-electron chi connectivity index (χ2n) is 3.21. The first-order chi connectivity index (χ1) is 7.58. The minimum atomic E-state index is -0.391. The van der Waals surface area contributed by atoms with E-state index in [0.29, 0.717) is 17.0 Å².